The number of hydrogen-bond donors (Lipinski definition) is 1. The van der Waals surface area contributed by atoms with Crippen molar-refractivity contribution in [1.29, 1.82) is 0 Å². The second kappa shape index (κ2) is 5.17. The molecule has 92 valence electrons. The molecular formula is C13H20N4. The summed E-state index contributed by atoms with van der Waals surface area (Å²) < 4.78 is 1.84. The molecule has 0 amide bonds. The van der Waals surface area contributed by atoms with Gasteiger partial charge in [0.05, 0.1) is 6.20 Å². The van der Waals surface area contributed by atoms with Gasteiger partial charge in [0.2, 0.25) is 0 Å². The highest BCUT2D eigenvalue weighted by molar-refractivity contribution is 5.67. The van der Waals surface area contributed by atoms with Gasteiger partial charge in [-0.2, -0.15) is 5.10 Å². The third kappa shape index (κ3) is 2.40. The summed E-state index contributed by atoms with van der Waals surface area (Å²) in [5.41, 5.74) is 1.03. The van der Waals surface area contributed by atoms with Crippen LogP contribution in [0.2, 0.25) is 0 Å². The predicted octanol–water partition coefficient (Wildman–Crippen LogP) is 2.97. The van der Waals surface area contributed by atoms with Crippen LogP contribution in [-0.4, -0.2) is 20.6 Å². The summed E-state index contributed by atoms with van der Waals surface area (Å²) in [4.78, 5) is 4.40. The summed E-state index contributed by atoms with van der Waals surface area (Å²) in [6, 6.07) is 2.41. The fourth-order valence-corrected chi connectivity index (χ4v) is 2.30. The molecule has 1 N–H and O–H groups in total. The number of nitrogens with zero attached hydrogens (tertiary/aromatic N) is 3. The first kappa shape index (κ1) is 11.9. The Balaban J connectivity index is 2.20. The van der Waals surface area contributed by atoms with Gasteiger partial charge in [0.25, 0.3) is 0 Å². The van der Waals surface area contributed by atoms with E-state index in [0.717, 1.165) is 11.3 Å². The molecule has 4 heteroatoms. The number of rotatable bonds is 5. The van der Waals surface area contributed by atoms with Crippen LogP contribution in [0.1, 0.15) is 33.6 Å². The van der Waals surface area contributed by atoms with E-state index < -0.39 is 0 Å². The van der Waals surface area contributed by atoms with Gasteiger partial charge in [0.15, 0.2) is 5.82 Å². The Morgan fingerprint density at radius 3 is 2.76 bits per heavy atom. The van der Waals surface area contributed by atoms with E-state index in [9.17, 15) is 0 Å². The maximum atomic E-state index is 4.40. The van der Waals surface area contributed by atoms with E-state index in [1.54, 1.807) is 12.4 Å². The summed E-state index contributed by atoms with van der Waals surface area (Å²) >= 11 is 0. The van der Waals surface area contributed by atoms with Crippen molar-refractivity contribution < 1.29 is 0 Å². The minimum absolute atomic E-state index is 0.429. The lowest BCUT2D eigenvalue weighted by Crippen LogP contribution is -2.25. The summed E-state index contributed by atoms with van der Waals surface area (Å²) in [7, 11) is 0. The van der Waals surface area contributed by atoms with Gasteiger partial charge in [0.1, 0.15) is 5.52 Å². The molecule has 0 aliphatic rings. The van der Waals surface area contributed by atoms with Gasteiger partial charge < -0.3 is 5.32 Å². The number of nitrogens with one attached hydrogen (secondary N) is 1. The molecule has 1 atom stereocenters. The molecule has 0 spiro atoms. The van der Waals surface area contributed by atoms with E-state index in [-0.39, 0.29) is 0 Å². The van der Waals surface area contributed by atoms with Crippen LogP contribution in [-0.2, 0) is 0 Å². The van der Waals surface area contributed by atoms with Crippen molar-refractivity contribution in [3.63, 3.8) is 0 Å². The molecule has 0 radical (unpaired) electrons. The Labute approximate surface area is 102 Å². The van der Waals surface area contributed by atoms with E-state index in [0.29, 0.717) is 12.0 Å². The third-order valence-corrected chi connectivity index (χ3v) is 3.44. The molecule has 2 aromatic heterocycles. The zero-order valence-corrected chi connectivity index (χ0v) is 10.7. The summed E-state index contributed by atoms with van der Waals surface area (Å²) in [5.74, 6) is 1.60. The summed E-state index contributed by atoms with van der Waals surface area (Å²) in [6.07, 6.45) is 7.81. The lowest BCUT2D eigenvalue weighted by Gasteiger charge is -2.23. The molecule has 0 saturated heterocycles. The van der Waals surface area contributed by atoms with Crippen LogP contribution in [0.5, 0.6) is 0 Å². The number of aromatic nitrogens is 3. The zero-order valence-electron chi connectivity index (χ0n) is 10.7. The van der Waals surface area contributed by atoms with Gasteiger partial charge in [0, 0.05) is 18.4 Å². The van der Waals surface area contributed by atoms with Crippen LogP contribution in [0, 0.1) is 5.92 Å². The first-order chi connectivity index (χ1) is 8.26. The molecule has 2 aromatic rings. The van der Waals surface area contributed by atoms with Gasteiger partial charge in [-0.1, -0.05) is 26.7 Å². The second-order valence-corrected chi connectivity index (χ2v) is 4.45. The Hall–Kier alpha value is -1.58. The maximum Gasteiger partial charge on any atom is 0.152 e. The quantitative estimate of drug-likeness (QED) is 0.861. The van der Waals surface area contributed by atoms with Gasteiger partial charge >= 0.3 is 0 Å². The normalized spacial score (nSPS) is 13.2. The van der Waals surface area contributed by atoms with E-state index in [1.807, 2.05) is 16.8 Å². The average molecular weight is 232 g/mol. The fourth-order valence-electron chi connectivity index (χ4n) is 2.30. The fraction of sp³-hybridized carbons (Fsp3) is 0.538. The Morgan fingerprint density at radius 2 is 2.06 bits per heavy atom. The predicted molar refractivity (Wildman–Crippen MR) is 70.1 cm³/mol. The van der Waals surface area contributed by atoms with Gasteiger partial charge in [-0.15, -0.1) is 0 Å². The molecule has 2 rings (SSSR count). The minimum Gasteiger partial charge on any atom is -0.366 e. The molecule has 0 aromatic carbocycles. The van der Waals surface area contributed by atoms with E-state index in [4.69, 9.17) is 0 Å². The van der Waals surface area contributed by atoms with Crippen molar-refractivity contribution in [1.82, 2.24) is 14.6 Å². The van der Waals surface area contributed by atoms with E-state index >= 15 is 0 Å². The maximum absolute atomic E-state index is 4.40. The Morgan fingerprint density at radius 1 is 1.29 bits per heavy atom. The highest BCUT2D eigenvalue weighted by atomic mass is 15.2. The lowest BCUT2D eigenvalue weighted by atomic mass is 9.95. The van der Waals surface area contributed by atoms with Gasteiger partial charge in [-0.25, -0.2) is 9.50 Å². The van der Waals surface area contributed by atoms with Crippen LogP contribution in [0.25, 0.3) is 5.52 Å². The molecule has 0 saturated carbocycles. The Bertz CT molecular complexity index is 473. The smallest absolute Gasteiger partial charge is 0.152 e. The average Bonchev–Trinajstić information content (AvgIpc) is 2.80. The largest absolute Gasteiger partial charge is 0.366 e. The first-order valence-corrected chi connectivity index (χ1v) is 6.31. The van der Waals surface area contributed by atoms with Crippen molar-refractivity contribution in [2.24, 2.45) is 5.92 Å². The molecule has 0 aliphatic heterocycles. The number of fused-ring (bicyclic) bond motifs is 1. The van der Waals surface area contributed by atoms with Crippen LogP contribution < -0.4 is 5.32 Å². The molecule has 4 nitrogen and oxygen atoms in total. The van der Waals surface area contributed by atoms with Crippen molar-refractivity contribution >= 4 is 11.3 Å². The van der Waals surface area contributed by atoms with Gasteiger partial charge in [-0.3, -0.25) is 0 Å². The molecule has 1 unspecified atom stereocenters. The highest BCUT2D eigenvalue weighted by Gasteiger charge is 2.14. The second-order valence-electron chi connectivity index (χ2n) is 4.45. The molecular weight excluding hydrogens is 212 g/mol. The SMILES string of the molecule is CCC(CC)C(C)Nc1nccn2nccc12. The zero-order chi connectivity index (χ0) is 12.3. The van der Waals surface area contributed by atoms with Crippen LogP contribution in [0.4, 0.5) is 5.82 Å². The first-order valence-electron chi connectivity index (χ1n) is 6.31. The van der Waals surface area contributed by atoms with Crippen LogP contribution in [0.15, 0.2) is 24.7 Å². The van der Waals surface area contributed by atoms with Crippen LogP contribution in [0.3, 0.4) is 0 Å². The summed E-state index contributed by atoms with van der Waals surface area (Å²) in [6.45, 7) is 6.69. The third-order valence-electron chi connectivity index (χ3n) is 3.44. The van der Waals surface area contributed by atoms with E-state index in [1.165, 1.54) is 12.8 Å². The number of hydrogen-bond acceptors (Lipinski definition) is 3. The topological polar surface area (TPSA) is 42.2 Å². The lowest BCUT2D eigenvalue weighted by molar-refractivity contribution is 0.437. The molecule has 0 aliphatic carbocycles. The minimum atomic E-state index is 0.429. The Kier molecular flexibility index (Phi) is 3.61. The standard InChI is InChI=1S/C13H20N4/c1-4-11(5-2)10(3)16-13-12-6-7-15-17(12)9-8-14-13/h6-11H,4-5H2,1-3H3,(H,14,16). The van der Waals surface area contributed by atoms with Crippen molar-refractivity contribution in [2.75, 3.05) is 5.32 Å². The van der Waals surface area contributed by atoms with Crippen LogP contribution >= 0.6 is 0 Å². The molecule has 0 fully saturated rings. The summed E-state index contributed by atoms with van der Waals surface area (Å²) in [5, 5.41) is 7.71. The molecule has 0 bridgehead atoms. The monoisotopic (exact) mass is 232 g/mol. The highest BCUT2D eigenvalue weighted by Crippen LogP contribution is 2.19. The number of anilines is 1. The van der Waals surface area contributed by atoms with E-state index in [2.05, 4.69) is 36.2 Å². The van der Waals surface area contributed by atoms with Crippen molar-refractivity contribution in [3.05, 3.63) is 24.7 Å². The van der Waals surface area contributed by atoms with Gasteiger partial charge in [-0.05, 0) is 18.9 Å². The van der Waals surface area contributed by atoms with Crippen molar-refractivity contribution in [2.45, 2.75) is 39.7 Å². The molecule has 17 heavy (non-hydrogen) atoms. The van der Waals surface area contributed by atoms with Crippen molar-refractivity contribution in [3.8, 4) is 0 Å². The molecule has 2 heterocycles.